The topological polar surface area (TPSA) is 70.4 Å². The van der Waals surface area contributed by atoms with Crippen LogP contribution in [-0.2, 0) is 6.54 Å². The van der Waals surface area contributed by atoms with E-state index in [1.54, 1.807) is 12.7 Å². The Morgan fingerprint density at radius 1 is 1.07 bits per heavy atom. The van der Waals surface area contributed by atoms with Gasteiger partial charge in [-0.15, -0.1) is 10.2 Å². The molecule has 7 heteroatoms. The molecule has 7 nitrogen and oxygen atoms in total. The van der Waals surface area contributed by atoms with Gasteiger partial charge < -0.3 is 15.2 Å². The molecule has 148 valence electrons. The number of hydrogen-bond acceptors (Lipinski definition) is 4. The lowest BCUT2D eigenvalue weighted by Crippen LogP contribution is -2.43. The Morgan fingerprint density at radius 3 is 2.41 bits per heavy atom. The molecule has 0 amide bonds. The summed E-state index contributed by atoms with van der Waals surface area (Å²) in [6, 6.07) is 11.0. The molecule has 1 atom stereocenters. The average molecular weight is 372 g/mol. The number of nitrogens with one attached hydrogen (secondary N) is 2. The molecule has 0 radical (unpaired) electrons. The summed E-state index contributed by atoms with van der Waals surface area (Å²) >= 11 is 0. The minimum atomic E-state index is 0.327. The van der Waals surface area contributed by atoms with Gasteiger partial charge in [0.05, 0.1) is 6.04 Å². The van der Waals surface area contributed by atoms with E-state index in [0.29, 0.717) is 6.04 Å². The molecule has 0 saturated carbocycles. The molecule has 1 heterocycles. The normalized spacial score (nSPS) is 13.0. The van der Waals surface area contributed by atoms with Crippen molar-refractivity contribution in [1.29, 1.82) is 0 Å². The van der Waals surface area contributed by atoms with Crippen LogP contribution in [0.25, 0.3) is 0 Å². The van der Waals surface area contributed by atoms with Crippen LogP contribution >= 0.6 is 0 Å². The summed E-state index contributed by atoms with van der Waals surface area (Å²) in [4.78, 5) is 6.83. The molecule has 2 rings (SSSR count). The van der Waals surface area contributed by atoms with Gasteiger partial charge in [-0.05, 0) is 31.5 Å². The third-order valence-electron chi connectivity index (χ3n) is 4.73. The van der Waals surface area contributed by atoms with Crippen molar-refractivity contribution >= 4 is 5.96 Å². The zero-order chi connectivity index (χ0) is 19.3. The van der Waals surface area contributed by atoms with Gasteiger partial charge in [-0.1, -0.05) is 44.2 Å². The molecule has 1 aromatic heterocycles. The van der Waals surface area contributed by atoms with Gasteiger partial charge in [0, 0.05) is 26.7 Å². The smallest absolute Gasteiger partial charge is 0.191 e. The summed E-state index contributed by atoms with van der Waals surface area (Å²) in [5.74, 6) is 0.854. The van der Waals surface area contributed by atoms with Crippen LogP contribution in [0.4, 0.5) is 0 Å². The van der Waals surface area contributed by atoms with Crippen LogP contribution in [0.2, 0.25) is 0 Å². The van der Waals surface area contributed by atoms with Gasteiger partial charge in [-0.25, -0.2) is 0 Å². The first-order valence-corrected chi connectivity index (χ1v) is 9.84. The van der Waals surface area contributed by atoms with Crippen molar-refractivity contribution in [2.24, 2.45) is 4.99 Å². The number of aryl methyl sites for hydroxylation is 1. The fourth-order valence-corrected chi connectivity index (χ4v) is 3.18. The maximum atomic E-state index is 4.36. The van der Waals surface area contributed by atoms with E-state index < -0.39 is 0 Å². The highest BCUT2D eigenvalue weighted by molar-refractivity contribution is 5.79. The molecule has 0 aliphatic rings. The highest BCUT2D eigenvalue weighted by Crippen LogP contribution is 2.19. The number of nitrogens with zero attached hydrogens (tertiary/aromatic N) is 5. The van der Waals surface area contributed by atoms with Crippen molar-refractivity contribution in [2.75, 3.05) is 33.2 Å². The van der Waals surface area contributed by atoms with Crippen LogP contribution in [0, 0.1) is 0 Å². The van der Waals surface area contributed by atoms with Gasteiger partial charge in [-0.3, -0.25) is 9.89 Å². The Hall–Kier alpha value is -2.41. The van der Waals surface area contributed by atoms with Crippen molar-refractivity contribution in [3.05, 3.63) is 48.5 Å². The Kier molecular flexibility index (Phi) is 9.34. The van der Waals surface area contributed by atoms with Crippen LogP contribution in [0.5, 0.6) is 0 Å². The van der Waals surface area contributed by atoms with Crippen LogP contribution in [0.3, 0.4) is 0 Å². The Bertz CT molecular complexity index is 636. The number of benzene rings is 1. The molecule has 2 aromatic rings. The molecule has 1 aromatic carbocycles. The lowest BCUT2D eigenvalue weighted by atomic mass is 10.1. The summed E-state index contributed by atoms with van der Waals surface area (Å²) in [6.07, 6.45) is 5.65. The molecular weight excluding hydrogens is 338 g/mol. The van der Waals surface area contributed by atoms with E-state index in [1.807, 2.05) is 11.6 Å². The predicted octanol–water partition coefficient (Wildman–Crippen LogP) is 2.31. The lowest BCUT2D eigenvalue weighted by molar-refractivity contribution is 0.219. The Balaban J connectivity index is 1.79. The third kappa shape index (κ3) is 7.02. The second-order valence-corrected chi connectivity index (χ2v) is 6.43. The van der Waals surface area contributed by atoms with E-state index in [1.165, 1.54) is 5.56 Å². The van der Waals surface area contributed by atoms with E-state index >= 15 is 0 Å². The molecule has 0 spiro atoms. The van der Waals surface area contributed by atoms with Crippen molar-refractivity contribution in [2.45, 2.75) is 39.3 Å². The van der Waals surface area contributed by atoms with Gasteiger partial charge in [0.15, 0.2) is 5.96 Å². The van der Waals surface area contributed by atoms with E-state index in [4.69, 9.17) is 0 Å². The minimum Gasteiger partial charge on any atom is -0.356 e. The monoisotopic (exact) mass is 371 g/mol. The molecule has 2 N–H and O–H groups in total. The lowest BCUT2D eigenvalue weighted by Gasteiger charge is -2.30. The van der Waals surface area contributed by atoms with E-state index in [9.17, 15) is 0 Å². The number of guanidine groups is 1. The number of unbranched alkanes of at least 4 members (excludes halogenated alkanes) is 1. The summed E-state index contributed by atoms with van der Waals surface area (Å²) in [5.41, 5.74) is 1.33. The molecule has 0 bridgehead atoms. The summed E-state index contributed by atoms with van der Waals surface area (Å²) in [7, 11) is 1.82. The Morgan fingerprint density at radius 2 is 1.78 bits per heavy atom. The molecule has 0 aliphatic heterocycles. The fourth-order valence-electron chi connectivity index (χ4n) is 3.18. The quantitative estimate of drug-likeness (QED) is 0.360. The van der Waals surface area contributed by atoms with Crippen molar-refractivity contribution < 1.29 is 0 Å². The first-order valence-electron chi connectivity index (χ1n) is 9.84. The maximum absolute atomic E-state index is 4.36. The van der Waals surface area contributed by atoms with E-state index in [2.05, 4.69) is 74.9 Å². The van der Waals surface area contributed by atoms with Crippen molar-refractivity contribution in [3.63, 3.8) is 0 Å². The summed E-state index contributed by atoms with van der Waals surface area (Å²) in [5, 5.41) is 14.5. The zero-order valence-electron chi connectivity index (χ0n) is 16.8. The first kappa shape index (κ1) is 20.9. The van der Waals surface area contributed by atoms with Crippen LogP contribution in [-0.4, -0.2) is 58.9 Å². The molecule has 27 heavy (non-hydrogen) atoms. The standard InChI is InChI=1S/C20H33N7/c1-4-27(5-2)19(18-11-7-6-8-12-18)15-23-20(21-3)22-13-9-10-14-26-16-24-25-17-26/h6-8,11-12,16-17,19H,4-5,9-10,13-15H2,1-3H3,(H2,21,22,23). The number of aliphatic imine (C=N–C) groups is 1. The number of likely N-dealkylation sites (N-methyl/N-ethyl adjacent to an activating group) is 1. The number of hydrogen-bond donors (Lipinski definition) is 2. The van der Waals surface area contributed by atoms with Gasteiger partial charge in [0.1, 0.15) is 12.7 Å². The van der Waals surface area contributed by atoms with Gasteiger partial charge in [0.2, 0.25) is 0 Å². The van der Waals surface area contributed by atoms with Crippen LogP contribution in [0.15, 0.2) is 48.0 Å². The molecular formula is C20H33N7. The highest BCUT2D eigenvalue weighted by Gasteiger charge is 2.17. The number of aromatic nitrogens is 3. The van der Waals surface area contributed by atoms with Gasteiger partial charge >= 0.3 is 0 Å². The van der Waals surface area contributed by atoms with Gasteiger partial charge in [0.25, 0.3) is 0 Å². The molecule has 0 fully saturated rings. The largest absolute Gasteiger partial charge is 0.356 e. The molecule has 0 saturated heterocycles. The van der Waals surface area contributed by atoms with Crippen LogP contribution in [0.1, 0.15) is 38.3 Å². The second kappa shape index (κ2) is 12.1. The van der Waals surface area contributed by atoms with E-state index in [0.717, 1.165) is 51.5 Å². The molecule has 1 unspecified atom stereocenters. The summed E-state index contributed by atoms with van der Waals surface area (Å²) in [6.45, 7) is 9.12. The Labute approximate surface area is 162 Å². The maximum Gasteiger partial charge on any atom is 0.191 e. The van der Waals surface area contributed by atoms with Crippen LogP contribution < -0.4 is 10.6 Å². The molecule has 0 aliphatic carbocycles. The number of rotatable bonds is 11. The first-order chi connectivity index (χ1) is 13.3. The van der Waals surface area contributed by atoms with E-state index in [-0.39, 0.29) is 0 Å². The summed E-state index contributed by atoms with van der Waals surface area (Å²) < 4.78 is 2.00. The minimum absolute atomic E-state index is 0.327. The SMILES string of the molecule is CCN(CC)C(CNC(=NC)NCCCCn1cnnc1)c1ccccc1. The fraction of sp³-hybridized carbons (Fsp3) is 0.550. The van der Waals surface area contributed by atoms with Gasteiger partial charge in [-0.2, -0.15) is 0 Å². The highest BCUT2D eigenvalue weighted by atomic mass is 15.2. The van der Waals surface area contributed by atoms with Crippen molar-refractivity contribution in [3.8, 4) is 0 Å². The second-order valence-electron chi connectivity index (χ2n) is 6.43. The third-order valence-corrected chi connectivity index (χ3v) is 4.73. The zero-order valence-corrected chi connectivity index (χ0v) is 16.8. The van der Waals surface area contributed by atoms with Crippen molar-refractivity contribution in [1.82, 2.24) is 30.3 Å². The average Bonchev–Trinajstić information content (AvgIpc) is 3.23. The predicted molar refractivity (Wildman–Crippen MR) is 111 cm³/mol.